The summed E-state index contributed by atoms with van der Waals surface area (Å²) in [6.07, 6.45) is 2.01. The third-order valence-electron chi connectivity index (χ3n) is 3.63. The zero-order chi connectivity index (χ0) is 15.1. The first kappa shape index (κ1) is 15.6. The molecule has 1 N–H and O–H groups in total. The maximum absolute atomic E-state index is 5.17. The number of nitrogens with one attached hydrogen (secondary N) is 1. The summed E-state index contributed by atoms with van der Waals surface area (Å²) in [5.41, 5.74) is 3.76. The number of ether oxygens (including phenoxy) is 1. The summed E-state index contributed by atoms with van der Waals surface area (Å²) in [6.45, 7) is 7.03. The molecule has 0 aliphatic carbocycles. The van der Waals surface area contributed by atoms with Gasteiger partial charge in [0.15, 0.2) is 0 Å². The molecule has 0 saturated heterocycles. The van der Waals surface area contributed by atoms with Gasteiger partial charge in [-0.15, -0.1) is 0 Å². The Balaban J connectivity index is 1.79. The number of hydrogen-bond acceptors (Lipinski definition) is 3. The van der Waals surface area contributed by atoms with Crippen LogP contribution in [0.5, 0.6) is 5.75 Å². The Kier molecular flexibility index (Phi) is 5.81. The molecule has 1 aromatic carbocycles. The number of nitrogens with zero attached hydrogens (tertiary/aromatic N) is 2. The predicted molar refractivity (Wildman–Crippen MR) is 85.7 cm³/mol. The summed E-state index contributed by atoms with van der Waals surface area (Å²) in [5.74, 6) is 0.908. The number of hydrogen-bond donors (Lipinski definition) is 1. The van der Waals surface area contributed by atoms with Crippen LogP contribution in [0.4, 0.5) is 0 Å². The van der Waals surface area contributed by atoms with Gasteiger partial charge in [-0.05, 0) is 50.1 Å². The molecule has 2 rings (SSSR count). The number of aryl methyl sites for hydroxylation is 2. The Morgan fingerprint density at radius 3 is 2.57 bits per heavy atom. The Hall–Kier alpha value is -1.81. The van der Waals surface area contributed by atoms with Crippen molar-refractivity contribution < 1.29 is 4.74 Å². The van der Waals surface area contributed by atoms with Crippen molar-refractivity contribution in [3.63, 3.8) is 0 Å². The lowest BCUT2D eigenvalue weighted by molar-refractivity contribution is 0.414. The summed E-state index contributed by atoms with van der Waals surface area (Å²) in [7, 11) is 1.69. The van der Waals surface area contributed by atoms with Gasteiger partial charge in [-0.3, -0.25) is 4.68 Å². The van der Waals surface area contributed by atoms with E-state index in [1.807, 2.05) is 12.1 Å². The van der Waals surface area contributed by atoms with Gasteiger partial charge in [0.1, 0.15) is 5.75 Å². The number of aromatic nitrogens is 2. The molecule has 0 radical (unpaired) electrons. The highest BCUT2D eigenvalue weighted by Crippen LogP contribution is 2.11. The third kappa shape index (κ3) is 4.33. The van der Waals surface area contributed by atoms with Crippen molar-refractivity contribution in [2.75, 3.05) is 13.7 Å². The lowest BCUT2D eigenvalue weighted by atomic mass is 10.1. The highest BCUT2D eigenvalue weighted by Gasteiger charge is 2.04. The average Bonchev–Trinajstić information content (AvgIpc) is 2.94. The Morgan fingerprint density at radius 2 is 1.95 bits per heavy atom. The van der Waals surface area contributed by atoms with Crippen molar-refractivity contribution in [3.8, 4) is 5.75 Å². The van der Waals surface area contributed by atoms with E-state index in [1.165, 1.54) is 17.0 Å². The maximum Gasteiger partial charge on any atom is 0.118 e. The molecule has 0 bridgehead atoms. The minimum Gasteiger partial charge on any atom is -0.497 e. The Labute approximate surface area is 127 Å². The van der Waals surface area contributed by atoms with Crippen LogP contribution in [0, 0.1) is 0 Å². The maximum atomic E-state index is 5.17. The van der Waals surface area contributed by atoms with Gasteiger partial charge < -0.3 is 10.1 Å². The fourth-order valence-electron chi connectivity index (χ4n) is 2.35. The van der Waals surface area contributed by atoms with Crippen molar-refractivity contribution in [1.29, 1.82) is 0 Å². The molecule has 2 aromatic rings. The third-order valence-corrected chi connectivity index (χ3v) is 3.63. The first-order chi connectivity index (χ1) is 10.3. The quantitative estimate of drug-likeness (QED) is 0.759. The van der Waals surface area contributed by atoms with Crippen molar-refractivity contribution in [2.24, 2.45) is 0 Å². The molecule has 114 valence electrons. The van der Waals surface area contributed by atoms with Crippen molar-refractivity contribution in [3.05, 3.63) is 47.3 Å². The average molecular weight is 287 g/mol. The minimum atomic E-state index is 0.872. The van der Waals surface area contributed by atoms with Crippen molar-refractivity contribution >= 4 is 0 Å². The van der Waals surface area contributed by atoms with Crippen LogP contribution in [0.2, 0.25) is 0 Å². The van der Waals surface area contributed by atoms with E-state index in [2.05, 4.69) is 47.1 Å². The zero-order valence-corrected chi connectivity index (χ0v) is 13.2. The van der Waals surface area contributed by atoms with E-state index in [9.17, 15) is 0 Å². The standard InChI is InChI=1S/C17H25N3O/c1-4-15-12-16(20(5-2)19-15)13-18-11-10-14-6-8-17(21-3)9-7-14/h6-9,12,18H,4-5,10-11,13H2,1-3H3. The van der Waals surface area contributed by atoms with Gasteiger partial charge in [0.2, 0.25) is 0 Å². The molecular formula is C17H25N3O. The van der Waals surface area contributed by atoms with Gasteiger partial charge >= 0.3 is 0 Å². The topological polar surface area (TPSA) is 39.1 Å². The molecule has 1 heterocycles. The van der Waals surface area contributed by atoms with Gasteiger partial charge in [0, 0.05) is 13.1 Å². The number of methoxy groups -OCH3 is 1. The van der Waals surface area contributed by atoms with Crippen molar-refractivity contribution in [2.45, 2.75) is 39.8 Å². The molecule has 1 aromatic heterocycles. The van der Waals surface area contributed by atoms with Crippen LogP contribution in [0.1, 0.15) is 30.8 Å². The Bertz CT molecular complexity index is 546. The summed E-state index contributed by atoms with van der Waals surface area (Å²) < 4.78 is 7.25. The highest BCUT2D eigenvalue weighted by molar-refractivity contribution is 5.27. The molecule has 0 fully saturated rings. The SMILES string of the molecule is CCc1cc(CNCCc2ccc(OC)cc2)n(CC)n1. The summed E-state index contributed by atoms with van der Waals surface area (Å²) in [6, 6.07) is 10.5. The molecule has 21 heavy (non-hydrogen) atoms. The second-order valence-corrected chi connectivity index (χ2v) is 5.07. The van der Waals surface area contributed by atoms with E-state index in [0.717, 1.165) is 38.2 Å². The van der Waals surface area contributed by atoms with Crippen LogP contribution in [0.15, 0.2) is 30.3 Å². The molecule has 0 saturated carbocycles. The van der Waals surface area contributed by atoms with E-state index in [1.54, 1.807) is 7.11 Å². The minimum absolute atomic E-state index is 0.872. The van der Waals surface area contributed by atoms with Crippen LogP contribution in [-0.4, -0.2) is 23.4 Å². The fraction of sp³-hybridized carbons (Fsp3) is 0.471. The summed E-state index contributed by atoms with van der Waals surface area (Å²) >= 11 is 0. The summed E-state index contributed by atoms with van der Waals surface area (Å²) in [5, 5.41) is 8.06. The van der Waals surface area contributed by atoms with Crippen LogP contribution >= 0.6 is 0 Å². The molecule has 0 aliphatic rings. The first-order valence-electron chi connectivity index (χ1n) is 7.66. The van der Waals surface area contributed by atoms with E-state index in [4.69, 9.17) is 4.74 Å². The number of rotatable bonds is 8. The van der Waals surface area contributed by atoms with E-state index in [-0.39, 0.29) is 0 Å². The van der Waals surface area contributed by atoms with Crippen molar-refractivity contribution in [1.82, 2.24) is 15.1 Å². The number of benzene rings is 1. The second-order valence-electron chi connectivity index (χ2n) is 5.07. The van der Waals surface area contributed by atoms with Gasteiger partial charge in [-0.1, -0.05) is 19.1 Å². The van der Waals surface area contributed by atoms with E-state index >= 15 is 0 Å². The van der Waals surface area contributed by atoms with E-state index in [0.29, 0.717) is 0 Å². The van der Waals surface area contributed by atoms with Crippen LogP contribution < -0.4 is 10.1 Å². The molecule has 4 heteroatoms. The van der Waals surface area contributed by atoms with Crippen LogP contribution in [0.3, 0.4) is 0 Å². The predicted octanol–water partition coefficient (Wildman–Crippen LogP) is 2.81. The van der Waals surface area contributed by atoms with E-state index < -0.39 is 0 Å². The molecular weight excluding hydrogens is 262 g/mol. The zero-order valence-electron chi connectivity index (χ0n) is 13.2. The Morgan fingerprint density at radius 1 is 1.19 bits per heavy atom. The molecule has 0 amide bonds. The first-order valence-corrected chi connectivity index (χ1v) is 7.66. The normalized spacial score (nSPS) is 10.8. The monoisotopic (exact) mass is 287 g/mol. The summed E-state index contributed by atoms with van der Waals surface area (Å²) in [4.78, 5) is 0. The van der Waals surface area contributed by atoms with Gasteiger partial charge in [-0.2, -0.15) is 5.10 Å². The smallest absolute Gasteiger partial charge is 0.118 e. The lowest BCUT2D eigenvalue weighted by Gasteiger charge is -2.07. The second kappa shape index (κ2) is 7.84. The fourth-order valence-corrected chi connectivity index (χ4v) is 2.35. The lowest BCUT2D eigenvalue weighted by Crippen LogP contribution is -2.19. The molecule has 4 nitrogen and oxygen atoms in total. The largest absolute Gasteiger partial charge is 0.497 e. The van der Waals surface area contributed by atoms with Crippen LogP contribution in [0.25, 0.3) is 0 Å². The molecule has 0 unspecified atom stereocenters. The molecule has 0 atom stereocenters. The molecule has 0 aliphatic heterocycles. The van der Waals surface area contributed by atoms with Gasteiger partial charge in [0.25, 0.3) is 0 Å². The van der Waals surface area contributed by atoms with Crippen LogP contribution in [-0.2, 0) is 25.9 Å². The van der Waals surface area contributed by atoms with Gasteiger partial charge in [-0.25, -0.2) is 0 Å². The molecule has 0 spiro atoms. The highest BCUT2D eigenvalue weighted by atomic mass is 16.5. The van der Waals surface area contributed by atoms with Gasteiger partial charge in [0.05, 0.1) is 18.5 Å².